The Morgan fingerprint density at radius 1 is 1.07 bits per heavy atom. The predicted octanol–water partition coefficient (Wildman–Crippen LogP) is 6.68. The number of rotatable bonds is 5. The van der Waals surface area contributed by atoms with Gasteiger partial charge in [-0.2, -0.15) is 4.98 Å². The molecule has 1 aliphatic carbocycles. The van der Waals surface area contributed by atoms with Gasteiger partial charge in [0, 0.05) is 17.6 Å². The summed E-state index contributed by atoms with van der Waals surface area (Å²) >= 11 is 0. The quantitative estimate of drug-likeness (QED) is 0.404. The first kappa shape index (κ1) is 19.0. The molecule has 0 radical (unpaired) electrons. The molecular weight excluding hydrogens is 377 g/mol. The Morgan fingerprint density at radius 2 is 1.90 bits per heavy atom. The molecular formula is C25H26FN3O. The number of hydrogen-bond donors (Lipinski definition) is 1. The van der Waals surface area contributed by atoms with E-state index in [9.17, 15) is 4.39 Å². The molecule has 5 rings (SSSR count). The summed E-state index contributed by atoms with van der Waals surface area (Å²) in [6.45, 7) is 2.19. The number of halogens is 1. The van der Waals surface area contributed by atoms with E-state index in [0.29, 0.717) is 23.9 Å². The van der Waals surface area contributed by atoms with Gasteiger partial charge < -0.3 is 9.73 Å². The first-order chi connectivity index (χ1) is 14.7. The number of nitrogens with zero attached hydrogens (tertiary/aromatic N) is 2. The predicted molar refractivity (Wildman–Crippen MR) is 118 cm³/mol. The monoisotopic (exact) mass is 403 g/mol. The largest absolute Gasteiger partial charge is 0.424 e. The fourth-order valence-electron chi connectivity index (χ4n) is 4.91. The van der Waals surface area contributed by atoms with Crippen molar-refractivity contribution in [3.63, 3.8) is 0 Å². The van der Waals surface area contributed by atoms with E-state index in [1.807, 2.05) is 30.5 Å². The molecule has 0 amide bonds. The molecule has 154 valence electrons. The number of hydrogen-bond acceptors (Lipinski definition) is 4. The second kappa shape index (κ2) is 8.05. The van der Waals surface area contributed by atoms with Gasteiger partial charge in [0.2, 0.25) is 0 Å². The summed E-state index contributed by atoms with van der Waals surface area (Å²) < 4.78 is 19.6. The van der Waals surface area contributed by atoms with Crippen LogP contribution in [0.1, 0.15) is 50.5 Å². The number of oxazole rings is 1. The summed E-state index contributed by atoms with van der Waals surface area (Å²) in [5.41, 5.74) is 3.82. The maximum atomic E-state index is 13.8. The van der Waals surface area contributed by atoms with Crippen molar-refractivity contribution in [2.24, 2.45) is 5.92 Å². The third kappa shape index (κ3) is 3.89. The minimum absolute atomic E-state index is 0.190. The van der Waals surface area contributed by atoms with Gasteiger partial charge in [0.1, 0.15) is 11.3 Å². The van der Waals surface area contributed by atoms with Crippen LogP contribution < -0.4 is 5.32 Å². The minimum atomic E-state index is -0.190. The van der Waals surface area contributed by atoms with E-state index >= 15 is 0 Å². The summed E-state index contributed by atoms with van der Waals surface area (Å²) in [7, 11) is 0. The van der Waals surface area contributed by atoms with Gasteiger partial charge in [-0.25, -0.2) is 4.39 Å². The van der Waals surface area contributed by atoms with Gasteiger partial charge in [-0.1, -0.05) is 12.1 Å². The highest BCUT2D eigenvalue weighted by atomic mass is 19.1. The first-order valence-electron chi connectivity index (χ1n) is 10.8. The average molecular weight is 404 g/mol. The summed E-state index contributed by atoms with van der Waals surface area (Å²) in [5.74, 6) is 0.969. The maximum Gasteiger partial charge on any atom is 0.295 e. The lowest BCUT2D eigenvalue weighted by atomic mass is 9.76. The van der Waals surface area contributed by atoms with Crippen LogP contribution in [0, 0.1) is 11.7 Å². The van der Waals surface area contributed by atoms with Crippen LogP contribution >= 0.6 is 0 Å². The molecule has 4 nitrogen and oxygen atoms in total. The third-order valence-corrected chi connectivity index (χ3v) is 6.37. The number of para-hydroxylation sites is 2. The van der Waals surface area contributed by atoms with Crippen molar-refractivity contribution in [1.29, 1.82) is 0 Å². The zero-order chi connectivity index (χ0) is 20.5. The molecule has 2 aromatic carbocycles. The summed E-state index contributed by atoms with van der Waals surface area (Å²) in [6.07, 6.45) is 7.59. The van der Waals surface area contributed by atoms with E-state index in [4.69, 9.17) is 4.42 Å². The molecule has 1 saturated carbocycles. The van der Waals surface area contributed by atoms with Crippen LogP contribution in [-0.4, -0.2) is 16.0 Å². The standard InChI is InChI=1S/C25H26FN3O/c1-16(28-25-29-23-4-2-3-5-24(23)30-25)14-17-6-8-18(9-7-17)20-12-13-27-22-11-10-19(26)15-21(20)22/h2-5,10-13,15-18H,6-9,14H2,1H3,(H,28,29). The normalized spacial score (nSPS) is 20.5. The fourth-order valence-corrected chi connectivity index (χ4v) is 4.91. The Labute approximate surface area is 175 Å². The molecule has 0 aliphatic heterocycles. The molecule has 30 heavy (non-hydrogen) atoms. The van der Waals surface area contributed by atoms with Crippen molar-refractivity contribution in [2.45, 2.75) is 51.0 Å². The molecule has 1 aliphatic rings. The van der Waals surface area contributed by atoms with Crippen LogP contribution in [0.25, 0.3) is 22.0 Å². The van der Waals surface area contributed by atoms with Crippen LogP contribution in [0.15, 0.2) is 59.1 Å². The smallest absolute Gasteiger partial charge is 0.295 e. The number of anilines is 1. The molecule has 0 bridgehead atoms. The SMILES string of the molecule is CC(CC1CCC(c2ccnc3ccc(F)cc23)CC1)Nc1nc2ccccc2o1. The third-order valence-electron chi connectivity index (χ3n) is 6.37. The second-order valence-corrected chi connectivity index (χ2v) is 8.55. The molecule has 0 spiro atoms. The summed E-state index contributed by atoms with van der Waals surface area (Å²) in [4.78, 5) is 8.92. The van der Waals surface area contributed by atoms with E-state index in [1.165, 1.54) is 24.5 Å². The van der Waals surface area contributed by atoms with Gasteiger partial charge >= 0.3 is 0 Å². The molecule has 2 heterocycles. The molecule has 4 aromatic rings. The second-order valence-electron chi connectivity index (χ2n) is 8.55. The Hall–Kier alpha value is -2.95. The fraction of sp³-hybridized carbons (Fsp3) is 0.360. The lowest BCUT2D eigenvalue weighted by Gasteiger charge is -2.31. The van der Waals surface area contributed by atoms with Crippen molar-refractivity contribution in [3.8, 4) is 0 Å². The summed E-state index contributed by atoms with van der Waals surface area (Å²) in [5, 5.41) is 4.39. The first-order valence-corrected chi connectivity index (χ1v) is 10.8. The Kier molecular flexibility index (Phi) is 5.11. The highest BCUT2D eigenvalue weighted by molar-refractivity contribution is 5.82. The van der Waals surface area contributed by atoms with Gasteiger partial charge in [-0.05, 0) is 92.8 Å². The van der Waals surface area contributed by atoms with Crippen molar-refractivity contribution in [1.82, 2.24) is 9.97 Å². The van der Waals surface area contributed by atoms with E-state index in [0.717, 1.165) is 41.3 Å². The molecule has 2 aromatic heterocycles. The van der Waals surface area contributed by atoms with Crippen LogP contribution in [0.3, 0.4) is 0 Å². The van der Waals surface area contributed by atoms with Gasteiger partial charge in [0.15, 0.2) is 5.58 Å². The van der Waals surface area contributed by atoms with E-state index < -0.39 is 0 Å². The molecule has 1 unspecified atom stereocenters. The maximum absolute atomic E-state index is 13.8. The highest BCUT2D eigenvalue weighted by Gasteiger charge is 2.25. The van der Waals surface area contributed by atoms with Crippen LogP contribution in [0.4, 0.5) is 10.4 Å². The van der Waals surface area contributed by atoms with Crippen molar-refractivity contribution in [3.05, 3.63) is 66.1 Å². The van der Waals surface area contributed by atoms with E-state index in [2.05, 4.69) is 28.3 Å². The highest BCUT2D eigenvalue weighted by Crippen LogP contribution is 2.40. The molecule has 1 N–H and O–H groups in total. The molecule has 5 heteroatoms. The number of nitrogens with one attached hydrogen (secondary N) is 1. The van der Waals surface area contributed by atoms with Gasteiger partial charge in [0.25, 0.3) is 6.01 Å². The van der Waals surface area contributed by atoms with Gasteiger partial charge in [0.05, 0.1) is 5.52 Å². The Bertz CT molecular complexity index is 1130. The Morgan fingerprint density at radius 3 is 2.73 bits per heavy atom. The number of pyridine rings is 1. The molecule has 0 saturated heterocycles. The number of fused-ring (bicyclic) bond motifs is 2. The average Bonchev–Trinajstić information content (AvgIpc) is 3.16. The van der Waals surface area contributed by atoms with Gasteiger partial charge in [-0.3, -0.25) is 4.98 Å². The minimum Gasteiger partial charge on any atom is -0.424 e. The van der Waals surface area contributed by atoms with Crippen molar-refractivity contribution in [2.75, 3.05) is 5.32 Å². The van der Waals surface area contributed by atoms with Crippen LogP contribution in [0.5, 0.6) is 0 Å². The zero-order valence-electron chi connectivity index (χ0n) is 17.1. The number of aromatic nitrogens is 2. The molecule has 1 fully saturated rings. The van der Waals surface area contributed by atoms with Crippen molar-refractivity contribution >= 4 is 28.0 Å². The van der Waals surface area contributed by atoms with Crippen LogP contribution in [-0.2, 0) is 0 Å². The lowest BCUT2D eigenvalue weighted by Crippen LogP contribution is -2.23. The summed E-state index contributed by atoms with van der Waals surface area (Å²) in [6, 6.07) is 15.7. The zero-order valence-corrected chi connectivity index (χ0v) is 17.1. The Balaban J connectivity index is 1.20. The lowest BCUT2D eigenvalue weighted by molar-refractivity contribution is 0.301. The van der Waals surface area contributed by atoms with Crippen molar-refractivity contribution < 1.29 is 8.81 Å². The molecule has 1 atom stereocenters. The van der Waals surface area contributed by atoms with E-state index in [-0.39, 0.29) is 5.82 Å². The van der Waals surface area contributed by atoms with E-state index in [1.54, 1.807) is 12.1 Å². The van der Waals surface area contributed by atoms with Crippen LogP contribution in [0.2, 0.25) is 0 Å². The van der Waals surface area contributed by atoms with Gasteiger partial charge in [-0.15, -0.1) is 0 Å². The topological polar surface area (TPSA) is 51.0 Å². The number of benzene rings is 2.